The Bertz CT molecular complexity index is 3880. The van der Waals surface area contributed by atoms with Crippen LogP contribution < -0.4 is 10.2 Å². The van der Waals surface area contributed by atoms with E-state index >= 15 is 0 Å². The molecule has 2 N–H and O–H groups in total. The van der Waals surface area contributed by atoms with E-state index < -0.39 is 5.41 Å². The van der Waals surface area contributed by atoms with Gasteiger partial charge in [0.15, 0.2) is 0 Å². The van der Waals surface area contributed by atoms with E-state index in [1.54, 1.807) is 0 Å². The summed E-state index contributed by atoms with van der Waals surface area (Å²) in [7, 11) is 0. The normalized spacial score (nSPS) is 15.2. The van der Waals surface area contributed by atoms with E-state index in [1.807, 2.05) is 0 Å². The minimum Gasteiger partial charge on any atom is -0.310 e. The van der Waals surface area contributed by atoms with Gasteiger partial charge >= 0.3 is 0 Å². The Kier molecular flexibility index (Phi) is 9.26. The number of hydrogen-bond donors (Lipinski definition) is 1. The molecule has 0 fully saturated rings. The van der Waals surface area contributed by atoms with Gasteiger partial charge in [0.05, 0.1) is 28.1 Å². The second kappa shape index (κ2) is 16.1. The van der Waals surface area contributed by atoms with E-state index in [4.69, 9.17) is 4.99 Å². The fourth-order valence-corrected chi connectivity index (χ4v) is 12.0. The van der Waals surface area contributed by atoms with Crippen LogP contribution in [0.2, 0.25) is 0 Å². The van der Waals surface area contributed by atoms with Crippen LogP contribution in [0.25, 0.3) is 60.6 Å². The maximum absolute atomic E-state index is 5.19. The first-order valence-corrected chi connectivity index (χ1v) is 24.3. The van der Waals surface area contributed by atoms with Crippen LogP contribution in [0.3, 0.4) is 0 Å². The zero-order valence-corrected chi connectivity index (χ0v) is 38.4. The van der Waals surface area contributed by atoms with Gasteiger partial charge in [0.1, 0.15) is 6.04 Å². The second-order valence-corrected chi connectivity index (χ2v) is 18.7. The molecule has 3 nitrogen and oxygen atoms in total. The van der Waals surface area contributed by atoms with Crippen molar-refractivity contribution in [3.63, 3.8) is 0 Å². The van der Waals surface area contributed by atoms with Crippen molar-refractivity contribution in [1.82, 2.24) is 0 Å². The summed E-state index contributed by atoms with van der Waals surface area (Å²) in [6.07, 6.45) is 2.31. The van der Waals surface area contributed by atoms with Crippen LogP contribution >= 0.6 is 0 Å². The molecule has 0 radical (unpaired) electrons. The maximum Gasteiger partial charge on any atom is 0.232 e. The van der Waals surface area contributed by atoms with Gasteiger partial charge in [-0.25, -0.2) is 0 Å². The van der Waals surface area contributed by atoms with Gasteiger partial charge in [-0.2, -0.15) is 4.99 Å². The maximum atomic E-state index is 5.19. The molecular weight excluding hydrogens is 847 g/mol. The number of aliphatic imine (C=N–C) groups is 1. The van der Waals surface area contributed by atoms with Crippen molar-refractivity contribution in [2.45, 2.75) is 11.5 Å². The van der Waals surface area contributed by atoms with Crippen LogP contribution in [0.5, 0.6) is 0 Å². The number of rotatable bonds is 6. The first-order chi connectivity index (χ1) is 34.7. The zero-order chi connectivity index (χ0) is 46.2. The molecule has 3 aliphatic rings. The van der Waals surface area contributed by atoms with E-state index in [9.17, 15) is 0 Å². The van der Waals surface area contributed by atoms with Crippen LogP contribution in [-0.4, -0.2) is 5.84 Å². The highest BCUT2D eigenvalue weighted by Gasteiger charge is 2.53. The quantitative estimate of drug-likeness (QED) is 0.166. The van der Waals surface area contributed by atoms with Crippen molar-refractivity contribution in [2.75, 3.05) is 4.90 Å². The molecule has 14 rings (SSSR count). The molecule has 3 heteroatoms. The molecule has 70 heavy (non-hydrogen) atoms. The molecule has 11 aromatic rings. The van der Waals surface area contributed by atoms with Crippen molar-refractivity contribution >= 4 is 50.1 Å². The molecule has 2 heterocycles. The lowest BCUT2D eigenvalue weighted by atomic mass is 9.63. The molecule has 1 unspecified atom stereocenters. The van der Waals surface area contributed by atoms with Gasteiger partial charge in [0.2, 0.25) is 5.84 Å². The Morgan fingerprint density at radius 1 is 0.386 bits per heavy atom. The highest BCUT2D eigenvalue weighted by atomic mass is 15.2. The molecule has 0 aromatic heterocycles. The summed E-state index contributed by atoms with van der Waals surface area (Å²) in [6.45, 7) is 0. The third-order valence-corrected chi connectivity index (χ3v) is 15.0. The molecule has 0 saturated heterocycles. The van der Waals surface area contributed by atoms with Crippen molar-refractivity contribution in [3.05, 3.63) is 300 Å². The van der Waals surface area contributed by atoms with E-state index in [-0.39, 0.29) is 6.04 Å². The van der Waals surface area contributed by atoms with Crippen molar-refractivity contribution in [2.24, 2.45) is 4.99 Å². The van der Waals surface area contributed by atoms with Crippen molar-refractivity contribution in [3.8, 4) is 33.4 Å². The number of amidine groups is 1. The average molecular weight is 893 g/mol. The lowest BCUT2D eigenvalue weighted by molar-refractivity contribution is -0.575. The minimum atomic E-state index is -0.626. The number of anilines is 3. The third kappa shape index (κ3) is 6.15. The fraction of sp³-hybridized carbons (Fsp3) is 0.0299. The van der Waals surface area contributed by atoms with Crippen LogP contribution in [-0.2, 0) is 5.41 Å². The van der Waals surface area contributed by atoms with Gasteiger partial charge < -0.3 is 4.90 Å². The third-order valence-electron chi connectivity index (χ3n) is 15.0. The highest BCUT2D eigenvalue weighted by molar-refractivity contribution is 6.20. The smallest absolute Gasteiger partial charge is 0.232 e. The van der Waals surface area contributed by atoms with Crippen LogP contribution in [0, 0.1) is 0 Å². The molecule has 11 aromatic carbocycles. The summed E-state index contributed by atoms with van der Waals surface area (Å²) < 4.78 is 0. The zero-order valence-electron chi connectivity index (χ0n) is 38.4. The molecule has 1 spiro atoms. The Morgan fingerprint density at radius 3 is 1.59 bits per heavy atom. The highest BCUT2D eigenvalue weighted by Crippen LogP contribution is 2.66. The number of hydrogen-bond acceptors (Lipinski definition) is 2. The van der Waals surface area contributed by atoms with E-state index in [2.05, 4.69) is 271 Å². The SMILES string of the molecule is C1=C(c2ccccc2)N=C(c2ccccc2)[NH2+]C1c1cccc(-c2cccc(-c3ccc4c(c3)C3(c5ccccc5N(c5ccccc5)c5ccccc53)c3c-4c4ccccc4c4ccccc34)c2)c1. The standard InChI is InChI=1S/C67H45N3/c1-4-20-44(21-5-1)60-43-61(69-66(68-60)45-22-6-2-7-23-45)50-27-19-26-48(41-50)46-24-18-25-47(40-46)49-38-39-56-59(42-49)67(65-55-33-13-11-31-53(55)52-30-10-12-32-54(52)64(56)65)57-34-14-16-36-62(57)70(51-28-8-3-9-29-51)63-37-17-15-35-58(63)67/h1-43,61H,(H,68,69)/p+1. The summed E-state index contributed by atoms with van der Waals surface area (Å²) in [5, 5.41) is 7.44. The predicted molar refractivity (Wildman–Crippen MR) is 290 cm³/mol. The van der Waals surface area contributed by atoms with E-state index in [0.29, 0.717) is 0 Å². The first-order valence-electron chi connectivity index (χ1n) is 24.3. The van der Waals surface area contributed by atoms with Gasteiger partial charge in [-0.3, -0.25) is 5.32 Å². The number of nitrogens with zero attached hydrogens (tertiary/aromatic N) is 2. The summed E-state index contributed by atoms with van der Waals surface area (Å²) >= 11 is 0. The minimum absolute atomic E-state index is 0.0480. The summed E-state index contributed by atoms with van der Waals surface area (Å²) in [5.41, 5.74) is 20.0. The molecule has 1 atom stereocenters. The van der Waals surface area contributed by atoms with E-state index in [1.165, 1.54) is 94.1 Å². The Morgan fingerprint density at radius 2 is 0.900 bits per heavy atom. The molecule has 0 saturated carbocycles. The number of fused-ring (bicyclic) bond motifs is 14. The van der Waals surface area contributed by atoms with E-state index in [0.717, 1.165) is 28.3 Å². The Hall–Kier alpha value is -8.89. The van der Waals surface area contributed by atoms with Crippen LogP contribution in [0.4, 0.5) is 17.1 Å². The number of nitrogens with two attached hydrogens (primary N) is 1. The Balaban J connectivity index is 0.947. The van der Waals surface area contributed by atoms with Crippen molar-refractivity contribution in [1.29, 1.82) is 0 Å². The van der Waals surface area contributed by atoms with Gasteiger partial charge in [-0.15, -0.1) is 0 Å². The van der Waals surface area contributed by atoms with Crippen LogP contribution in [0.1, 0.15) is 45.0 Å². The molecule has 0 bridgehead atoms. The second-order valence-electron chi connectivity index (χ2n) is 18.7. The predicted octanol–water partition coefficient (Wildman–Crippen LogP) is 15.6. The van der Waals surface area contributed by atoms with Crippen LogP contribution in [0.15, 0.2) is 266 Å². The molecule has 328 valence electrons. The topological polar surface area (TPSA) is 32.2 Å². The van der Waals surface area contributed by atoms with Crippen molar-refractivity contribution < 1.29 is 5.32 Å². The first kappa shape index (κ1) is 40.2. The lowest BCUT2D eigenvalue weighted by Crippen LogP contribution is -2.89. The number of benzene rings is 11. The Labute approximate surface area is 408 Å². The number of para-hydroxylation sites is 3. The van der Waals surface area contributed by atoms with Gasteiger partial charge in [-0.1, -0.05) is 200 Å². The molecule has 2 aliphatic heterocycles. The average Bonchev–Trinajstić information content (AvgIpc) is 3.75. The summed E-state index contributed by atoms with van der Waals surface area (Å²) in [6, 6.07) is 93.9. The summed E-state index contributed by atoms with van der Waals surface area (Å²) in [4.78, 5) is 7.65. The van der Waals surface area contributed by atoms with Gasteiger partial charge in [-0.05, 0) is 132 Å². The summed E-state index contributed by atoms with van der Waals surface area (Å²) in [5.74, 6) is 0.993. The molecular formula is C67H46N3+. The molecule has 1 aliphatic carbocycles. The fourth-order valence-electron chi connectivity index (χ4n) is 12.0. The van der Waals surface area contributed by atoms with Gasteiger partial charge in [0, 0.05) is 22.9 Å². The lowest BCUT2D eigenvalue weighted by Gasteiger charge is -2.45. The molecule has 0 amide bonds. The monoisotopic (exact) mass is 892 g/mol. The van der Waals surface area contributed by atoms with Gasteiger partial charge in [0.25, 0.3) is 0 Å². The number of quaternary nitrogens is 1. The largest absolute Gasteiger partial charge is 0.310 e.